The number of benzene rings is 3. The van der Waals surface area contributed by atoms with Crippen molar-refractivity contribution in [1.29, 1.82) is 0 Å². The second-order valence-electron chi connectivity index (χ2n) is 7.45. The first-order valence-corrected chi connectivity index (χ1v) is 10.4. The van der Waals surface area contributed by atoms with E-state index >= 15 is 0 Å². The first-order chi connectivity index (χ1) is 15.5. The molecule has 0 bridgehead atoms. The van der Waals surface area contributed by atoms with E-state index in [2.05, 4.69) is 5.32 Å². The Morgan fingerprint density at radius 3 is 2.31 bits per heavy atom. The third-order valence-corrected chi connectivity index (χ3v) is 5.19. The van der Waals surface area contributed by atoms with Gasteiger partial charge in [-0.2, -0.15) is 0 Å². The molecule has 0 spiro atoms. The van der Waals surface area contributed by atoms with Gasteiger partial charge in [0.15, 0.2) is 0 Å². The summed E-state index contributed by atoms with van der Waals surface area (Å²) >= 11 is 0. The topological polar surface area (TPSA) is 67.9 Å². The van der Waals surface area contributed by atoms with Crippen molar-refractivity contribution in [1.82, 2.24) is 4.90 Å². The lowest BCUT2D eigenvalue weighted by molar-refractivity contribution is -0.134. The van der Waals surface area contributed by atoms with Crippen molar-refractivity contribution in [2.75, 3.05) is 26.1 Å². The van der Waals surface area contributed by atoms with E-state index < -0.39 is 0 Å². The van der Waals surface area contributed by atoms with E-state index in [1.54, 1.807) is 30.2 Å². The Bertz CT molecular complexity index is 1070. The molecule has 2 amide bonds. The van der Waals surface area contributed by atoms with Crippen molar-refractivity contribution in [3.8, 4) is 11.5 Å². The number of amides is 2. The number of hydrogen-bond donors (Lipinski definition) is 1. The Balaban J connectivity index is 1.77. The van der Waals surface area contributed by atoms with Crippen LogP contribution in [0.1, 0.15) is 16.7 Å². The zero-order valence-electron chi connectivity index (χ0n) is 18.6. The van der Waals surface area contributed by atoms with Crippen LogP contribution in [0.5, 0.6) is 11.5 Å². The highest BCUT2D eigenvalue weighted by Crippen LogP contribution is 2.29. The van der Waals surface area contributed by atoms with Gasteiger partial charge >= 0.3 is 0 Å². The summed E-state index contributed by atoms with van der Waals surface area (Å²) in [6, 6.07) is 22.5. The lowest BCUT2D eigenvalue weighted by atomic mass is 10.1. The Morgan fingerprint density at radius 1 is 0.906 bits per heavy atom. The first kappa shape index (κ1) is 22.9. The molecule has 0 aliphatic rings. The molecule has 3 aromatic carbocycles. The summed E-state index contributed by atoms with van der Waals surface area (Å²) in [5.41, 5.74) is 3.50. The summed E-state index contributed by atoms with van der Waals surface area (Å²) in [4.78, 5) is 27.6. The van der Waals surface area contributed by atoms with Gasteiger partial charge in [-0.25, -0.2) is 0 Å². The number of nitrogens with one attached hydrogen (secondary N) is 1. The Hall–Kier alpha value is -3.80. The van der Waals surface area contributed by atoms with Gasteiger partial charge in [0.05, 0.1) is 26.3 Å². The largest absolute Gasteiger partial charge is 0.497 e. The van der Waals surface area contributed by atoms with Gasteiger partial charge in [-0.15, -0.1) is 0 Å². The average molecular weight is 433 g/mol. The number of methoxy groups -OCH3 is 2. The number of aryl methyl sites for hydroxylation is 1. The second kappa shape index (κ2) is 11.0. The standard InChI is InChI=1S/C26H28N2O4/c1-19-9-7-8-12-21(19)17-28(26(30)15-20-10-5-4-6-11-20)18-25(29)27-23-14-13-22(31-2)16-24(23)32-3/h4-14,16H,15,17-18H2,1-3H3,(H,27,29). The Morgan fingerprint density at radius 2 is 1.62 bits per heavy atom. The molecule has 0 aliphatic carbocycles. The molecule has 0 unspecified atom stereocenters. The smallest absolute Gasteiger partial charge is 0.244 e. The molecule has 0 saturated heterocycles. The van der Waals surface area contributed by atoms with E-state index in [1.165, 1.54) is 7.11 Å². The van der Waals surface area contributed by atoms with Gasteiger partial charge in [-0.3, -0.25) is 9.59 Å². The molecule has 32 heavy (non-hydrogen) atoms. The SMILES string of the molecule is COc1ccc(NC(=O)CN(Cc2ccccc2C)C(=O)Cc2ccccc2)c(OC)c1. The van der Waals surface area contributed by atoms with Crippen molar-refractivity contribution in [3.05, 3.63) is 89.5 Å². The van der Waals surface area contributed by atoms with Crippen LogP contribution in [0, 0.1) is 6.92 Å². The molecule has 0 heterocycles. The zero-order valence-corrected chi connectivity index (χ0v) is 18.6. The molecule has 0 aliphatic heterocycles. The average Bonchev–Trinajstić information content (AvgIpc) is 2.80. The van der Waals surface area contributed by atoms with Crippen LogP contribution in [-0.2, 0) is 22.6 Å². The molecule has 6 heteroatoms. The lowest BCUT2D eigenvalue weighted by Crippen LogP contribution is -2.38. The number of carbonyl (C=O) groups is 2. The molecular weight excluding hydrogens is 404 g/mol. The predicted molar refractivity (Wildman–Crippen MR) is 125 cm³/mol. The van der Waals surface area contributed by atoms with Crippen molar-refractivity contribution in [2.24, 2.45) is 0 Å². The highest BCUT2D eigenvalue weighted by atomic mass is 16.5. The minimum atomic E-state index is -0.302. The van der Waals surface area contributed by atoms with E-state index in [0.29, 0.717) is 23.7 Å². The molecule has 1 N–H and O–H groups in total. The van der Waals surface area contributed by atoms with Crippen molar-refractivity contribution in [3.63, 3.8) is 0 Å². The zero-order chi connectivity index (χ0) is 22.9. The van der Waals surface area contributed by atoms with Gasteiger partial charge in [0.1, 0.15) is 18.0 Å². The molecule has 166 valence electrons. The molecule has 0 saturated carbocycles. The van der Waals surface area contributed by atoms with E-state index in [9.17, 15) is 9.59 Å². The van der Waals surface area contributed by atoms with Crippen LogP contribution < -0.4 is 14.8 Å². The normalized spacial score (nSPS) is 10.3. The highest BCUT2D eigenvalue weighted by Gasteiger charge is 2.20. The van der Waals surface area contributed by atoms with Crippen LogP contribution in [0.15, 0.2) is 72.8 Å². The number of rotatable bonds is 9. The Kier molecular flexibility index (Phi) is 7.86. The number of ether oxygens (including phenoxy) is 2. The monoisotopic (exact) mass is 432 g/mol. The maximum Gasteiger partial charge on any atom is 0.244 e. The summed E-state index contributed by atoms with van der Waals surface area (Å²) in [6.07, 6.45) is 0.228. The number of carbonyl (C=O) groups excluding carboxylic acids is 2. The van der Waals surface area contributed by atoms with Gasteiger partial charge in [-0.05, 0) is 35.7 Å². The first-order valence-electron chi connectivity index (χ1n) is 10.4. The molecule has 3 rings (SSSR count). The van der Waals surface area contributed by atoms with Crippen molar-refractivity contribution >= 4 is 17.5 Å². The third-order valence-electron chi connectivity index (χ3n) is 5.19. The van der Waals surface area contributed by atoms with Crippen molar-refractivity contribution in [2.45, 2.75) is 19.9 Å². The highest BCUT2D eigenvalue weighted by molar-refractivity contribution is 5.96. The van der Waals surface area contributed by atoms with Crippen LogP contribution >= 0.6 is 0 Å². The molecule has 6 nitrogen and oxygen atoms in total. The minimum Gasteiger partial charge on any atom is -0.497 e. The quantitative estimate of drug-likeness (QED) is 0.550. The maximum absolute atomic E-state index is 13.1. The summed E-state index contributed by atoms with van der Waals surface area (Å²) in [5.74, 6) is 0.692. The second-order valence-corrected chi connectivity index (χ2v) is 7.45. The number of nitrogens with zero attached hydrogens (tertiary/aromatic N) is 1. The van der Waals surface area contributed by atoms with Crippen LogP contribution in [0.2, 0.25) is 0 Å². The molecule has 0 fully saturated rings. The van der Waals surface area contributed by atoms with E-state index in [0.717, 1.165) is 16.7 Å². The van der Waals surface area contributed by atoms with Crippen LogP contribution in [0.25, 0.3) is 0 Å². The van der Waals surface area contributed by atoms with Crippen LogP contribution in [0.3, 0.4) is 0 Å². The van der Waals surface area contributed by atoms with Crippen LogP contribution in [-0.4, -0.2) is 37.5 Å². The van der Waals surface area contributed by atoms with Gasteiger partial charge in [-0.1, -0.05) is 54.6 Å². The minimum absolute atomic E-state index is 0.0742. The lowest BCUT2D eigenvalue weighted by Gasteiger charge is -2.24. The molecule has 3 aromatic rings. The van der Waals surface area contributed by atoms with Gasteiger partial charge in [0.25, 0.3) is 0 Å². The fourth-order valence-electron chi connectivity index (χ4n) is 3.37. The van der Waals surface area contributed by atoms with Gasteiger partial charge in [0.2, 0.25) is 11.8 Å². The van der Waals surface area contributed by atoms with E-state index in [-0.39, 0.29) is 24.8 Å². The number of hydrogen-bond acceptors (Lipinski definition) is 4. The fraction of sp³-hybridized carbons (Fsp3) is 0.231. The van der Waals surface area contributed by atoms with Gasteiger partial charge in [0, 0.05) is 12.6 Å². The Labute approximate surface area is 188 Å². The number of anilines is 1. The molecule has 0 aromatic heterocycles. The third kappa shape index (κ3) is 6.11. The van der Waals surface area contributed by atoms with Crippen LogP contribution in [0.4, 0.5) is 5.69 Å². The van der Waals surface area contributed by atoms with E-state index in [4.69, 9.17) is 9.47 Å². The summed E-state index contributed by atoms with van der Waals surface area (Å²) < 4.78 is 10.6. The molecule has 0 radical (unpaired) electrons. The van der Waals surface area contributed by atoms with Crippen molar-refractivity contribution < 1.29 is 19.1 Å². The summed E-state index contributed by atoms with van der Waals surface area (Å²) in [5, 5.41) is 2.85. The predicted octanol–water partition coefficient (Wildman–Crippen LogP) is 4.22. The fourth-order valence-corrected chi connectivity index (χ4v) is 3.37. The van der Waals surface area contributed by atoms with Gasteiger partial charge < -0.3 is 19.7 Å². The molecular formula is C26H28N2O4. The summed E-state index contributed by atoms with van der Waals surface area (Å²) in [7, 11) is 3.09. The maximum atomic E-state index is 13.1. The van der Waals surface area contributed by atoms with E-state index in [1.807, 2.05) is 61.5 Å². The summed E-state index contributed by atoms with van der Waals surface area (Å²) in [6.45, 7) is 2.28. The molecule has 0 atom stereocenters.